The van der Waals surface area contributed by atoms with Gasteiger partial charge in [0.1, 0.15) is 12.4 Å². The standard InChI is InChI=1S/C18H17F2NO2/c1-3-4-10-23-14-8-9-15(13(2)11-14)16-6-5-7-18(22)21(16)12-17(19)20/h5-9,11,17H,10,12H2,1-2H3. The zero-order valence-corrected chi connectivity index (χ0v) is 13.0. The number of aromatic nitrogens is 1. The normalized spacial score (nSPS) is 10.3. The second kappa shape index (κ2) is 7.59. The molecule has 0 radical (unpaired) electrons. The van der Waals surface area contributed by atoms with Gasteiger partial charge in [-0.05, 0) is 43.7 Å². The molecule has 0 bridgehead atoms. The van der Waals surface area contributed by atoms with Crippen LogP contribution in [0.3, 0.4) is 0 Å². The monoisotopic (exact) mass is 317 g/mol. The Kier molecular flexibility index (Phi) is 5.53. The van der Waals surface area contributed by atoms with Crippen molar-refractivity contribution < 1.29 is 13.5 Å². The van der Waals surface area contributed by atoms with E-state index in [1.165, 1.54) is 6.07 Å². The molecule has 1 aromatic carbocycles. The summed E-state index contributed by atoms with van der Waals surface area (Å²) in [4.78, 5) is 11.9. The summed E-state index contributed by atoms with van der Waals surface area (Å²) in [6, 6.07) is 9.82. The molecule has 0 atom stereocenters. The van der Waals surface area contributed by atoms with Crippen molar-refractivity contribution in [1.29, 1.82) is 0 Å². The van der Waals surface area contributed by atoms with Gasteiger partial charge in [-0.1, -0.05) is 12.0 Å². The van der Waals surface area contributed by atoms with Crippen LogP contribution in [0.15, 0.2) is 41.2 Å². The van der Waals surface area contributed by atoms with Gasteiger partial charge >= 0.3 is 0 Å². The summed E-state index contributed by atoms with van der Waals surface area (Å²) in [6.07, 6.45) is -2.59. The second-order valence-corrected chi connectivity index (χ2v) is 4.94. The Balaban J connectivity index is 2.40. The topological polar surface area (TPSA) is 31.2 Å². The van der Waals surface area contributed by atoms with Crippen LogP contribution in [0.25, 0.3) is 11.3 Å². The van der Waals surface area contributed by atoms with Crippen molar-refractivity contribution in [1.82, 2.24) is 4.57 Å². The first-order valence-corrected chi connectivity index (χ1v) is 7.14. The van der Waals surface area contributed by atoms with E-state index in [0.29, 0.717) is 11.4 Å². The molecule has 1 heterocycles. The number of ether oxygens (including phenoxy) is 1. The van der Waals surface area contributed by atoms with Gasteiger partial charge in [0.05, 0.1) is 12.2 Å². The largest absolute Gasteiger partial charge is 0.481 e. The third-order valence-electron chi connectivity index (χ3n) is 3.33. The van der Waals surface area contributed by atoms with E-state index in [-0.39, 0.29) is 6.61 Å². The third-order valence-corrected chi connectivity index (χ3v) is 3.33. The molecule has 2 rings (SSSR count). The van der Waals surface area contributed by atoms with Gasteiger partial charge in [0.2, 0.25) is 0 Å². The highest BCUT2D eigenvalue weighted by molar-refractivity contribution is 5.65. The van der Waals surface area contributed by atoms with E-state index >= 15 is 0 Å². The molecule has 2 aromatic rings. The van der Waals surface area contributed by atoms with Crippen LogP contribution in [-0.4, -0.2) is 17.6 Å². The Hall–Kier alpha value is -2.61. The average Bonchev–Trinajstić information content (AvgIpc) is 2.50. The molecule has 0 N–H and O–H groups in total. The van der Waals surface area contributed by atoms with Crippen LogP contribution in [0.1, 0.15) is 12.5 Å². The van der Waals surface area contributed by atoms with Gasteiger partial charge in [0.25, 0.3) is 12.0 Å². The summed E-state index contributed by atoms with van der Waals surface area (Å²) in [5, 5.41) is 0. The summed E-state index contributed by atoms with van der Waals surface area (Å²) in [5.74, 6) is 6.18. The summed E-state index contributed by atoms with van der Waals surface area (Å²) < 4.78 is 32.1. The summed E-state index contributed by atoms with van der Waals surface area (Å²) >= 11 is 0. The second-order valence-electron chi connectivity index (χ2n) is 4.94. The molecule has 0 amide bonds. The number of rotatable bonds is 5. The van der Waals surface area contributed by atoms with Gasteiger partial charge in [0, 0.05) is 11.6 Å². The van der Waals surface area contributed by atoms with Crippen molar-refractivity contribution >= 4 is 0 Å². The van der Waals surface area contributed by atoms with Crippen LogP contribution in [0.4, 0.5) is 8.78 Å². The Morgan fingerprint density at radius 1 is 1.26 bits per heavy atom. The van der Waals surface area contributed by atoms with Crippen molar-refractivity contribution in [2.75, 3.05) is 6.61 Å². The van der Waals surface area contributed by atoms with Gasteiger partial charge in [-0.3, -0.25) is 4.79 Å². The first kappa shape index (κ1) is 16.8. The lowest BCUT2D eigenvalue weighted by atomic mass is 10.0. The molecular weight excluding hydrogens is 300 g/mol. The molecule has 3 nitrogen and oxygen atoms in total. The van der Waals surface area contributed by atoms with Crippen LogP contribution in [-0.2, 0) is 6.54 Å². The smallest absolute Gasteiger partial charge is 0.256 e. The highest BCUT2D eigenvalue weighted by atomic mass is 19.3. The Bertz CT molecular complexity index is 801. The average molecular weight is 317 g/mol. The Morgan fingerprint density at radius 2 is 2.04 bits per heavy atom. The molecular formula is C18H17F2NO2. The number of alkyl halides is 2. The number of halogens is 2. The highest BCUT2D eigenvalue weighted by Crippen LogP contribution is 2.26. The molecule has 0 saturated heterocycles. The van der Waals surface area contributed by atoms with Gasteiger partial charge in [-0.25, -0.2) is 8.78 Å². The van der Waals surface area contributed by atoms with E-state index in [1.807, 2.05) is 6.92 Å². The SMILES string of the molecule is CC#CCOc1ccc(-c2cccc(=O)n2CC(F)F)c(C)c1. The van der Waals surface area contributed by atoms with Crippen molar-refractivity contribution in [2.45, 2.75) is 26.8 Å². The minimum Gasteiger partial charge on any atom is -0.481 e. The molecule has 23 heavy (non-hydrogen) atoms. The number of hydrogen-bond acceptors (Lipinski definition) is 2. The minimum absolute atomic E-state index is 0.288. The van der Waals surface area contributed by atoms with Gasteiger partial charge in [0.15, 0.2) is 0 Å². The van der Waals surface area contributed by atoms with E-state index in [0.717, 1.165) is 15.7 Å². The number of pyridine rings is 1. The molecule has 0 saturated carbocycles. The van der Waals surface area contributed by atoms with Gasteiger partial charge in [-0.2, -0.15) is 0 Å². The maximum atomic E-state index is 12.7. The first-order valence-electron chi connectivity index (χ1n) is 7.14. The minimum atomic E-state index is -2.59. The fourth-order valence-corrected chi connectivity index (χ4v) is 2.29. The number of hydrogen-bond donors (Lipinski definition) is 0. The van der Waals surface area contributed by atoms with Crippen molar-refractivity contribution in [3.8, 4) is 28.8 Å². The van der Waals surface area contributed by atoms with Gasteiger partial charge in [-0.15, -0.1) is 5.92 Å². The van der Waals surface area contributed by atoms with Crippen LogP contribution in [0, 0.1) is 18.8 Å². The number of nitrogens with zero attached hydrogens (tertiary/aromatic N) is 1. The van der Waals surface area contributed by atoms with Crippen LogP contribution in [0.5, 0.6) is 5.75 Å². The van der Waals surface area contributed by atoms with Crippen LogP contribution < -0.4 is 10.3 Å². The molecule has 0 spiro atoms. The number of aryl methyl sites for hydroxylation is 1. The zero-order chi connectivity index (χ0) is 16.8. The molecule has 0 fully saturated rings. The van der Waals surface area contributed by atoms with E-state index in [4.69, 9.17) is 4.74 Å². The summed E-state index contributed by atoms with van der Waals surface area (Å²) in [6.45, 7) is 3.24. The Labute approximate surface area is 133 Å². The van der Waals surface area contributed by atoms with E-state index in [9.17, 15) is 13.6 Å². The summed E-state index contributed by atoms with van der Waals surface area (Å²) in [7, 11) is 0. The van der Waals surface area contributed by atoms with E-state index < -0.39 is 18.5 Å². The molecule has 0 unspecified atom stereocenters. The molecule has 120 valence electrons. The quantitative estimate of drug-likeness (QED) is 0.791. The maximum absolute atomic E-state index is 12.7. The van der Waals surface area contributed by atoms with Crippen molar-refractivity contribution in [2.24, 2.45) is 0 Å². The van der Waals surface area contributed by atoms with Crippen molar-refractivity contribution in [3.05, 3.63) is 52.3 Å². The summed E-state index contributed by atoms with van der Waals surface area (Å²) in [5.41, 5.74) is 1.58. The molecule has 0 aliphatic carbocycles. The zero-order valence-electron chi connectivity index (χ0n) is 13.0. The fraction of sp³-hybridized carbons (Fsp3) is 0.278. The molecule has 0 aliphatic heterocycles. The molecule has 5 heteroatoms. The van der Waals surface area contributed by atoms with Crippen molar-refractivity contribution in [3.63, 3.8) is 0 Å². The predicted octanol–water partition coefficient (Wildman–Crippen LogP) is 3.49. The van der Waals surface area contributed by atoms with Crippen LogP contribution in [0.2, 0.25) is 0 Å². The molecule has 1 aromatic heterocycles. The third kappa shape index (κ3) is 4.19. The lowest BCUT2D eigenvalue weighted by Gasteiger charge is -2.15. The van der Waals surface area contributed by atoms with E-state index in [1.54, 1.807) is 37.3 Å². The Morgan fingerprint density at radius 3 is 2.70 bits per heavy atom. The fourth-order valence-electron chi connectivity index (χ4n) is 2.29. The van der Waals surface area contributed by atoms with Crippen LogP contribution >= 0.6 is 0 Å². The number of benzene rings is 1. The first-order chi connectivity index (χ1) is 11.0. The lowest BCUT2D eigenvalue weighted by Crippen LogP contribution is -2.24. The predicted molar refractivity (Wildman–Crippen MR) is 85.8 cm³/mol. The highest BCUT2D eigenvalue weighted by Gasteiger charge is 2.13. The lowest BCUT2D eigenvalue weighted by molar-refractivity contribution is 0.126. The molecule has 0 aliphatic rings. The van der Waals surface area contributed by atoms with E-state index in [2.05, 4.69) is 11.8 Å². The maximum Gasteiger partial charge on any atom is 0.256 e. The van der Waals surface area contributed by atoms with Gasteiger partial charge < -0.3 is 9.30 Å².